The molecule has 29 heavy (non-hydrogen) atoms. The third kappa shape index (κ3) is 4.39. The van der Waals surface area contributed by atoms with Gasteiger partial charge in [0.15, 0.2) is 0 Å². The summed E-state index contributed by atoms with van der Waals surface area (Å²) in [6, 6.07) is 15.2. The minimum absolute atomic E-state index is 0.0429. The van der Waals surface area contributed by atoms with Crippen molar-refractivity contribution in [1.82, 2.24) is 0 Å². The number of aryl methyl sites for hydroxylation is 1. The molecule has 1 aliphatic rings. The maximum absolute atomic E-state index is 13.5. The smallest absolute Gasteiger partial charge is 0.326 e. The zero-order valence-electron chi connectivity index (χ0n) is 17.5. The molecule has 0 spiro atoms. The zero-order valence-corrected chi connectivity index (χ0v) is 17.5. The summed E-state index contributed by atoms with van der Waals surface area (Å²) < 4.78 is 5.14. The van der Waals surface area contributed by atoms with E-state index in [-0.39, 0.29) is 25.0 Å². The van der Waals surface area contributed by atoms with Crippen molar-refractivity contribution in [3.8, 4) is 0 Å². The third-order valence-electron chi connectivity index (χ3n) is 5.31. The van der Waals surface area contributed by atoms with Crippen LogP contribution in [-0.4, -0.2) is 36.8 Å². The van der Waals surface area contributed by atoms with Crippen LogP contribution in [0.4, 0.5) is 5.69 Å². The summed E-state index contributed by atoms with van der Waals surface area (Å²) in [4.78, 5) is 32.3. The van der Waals surface area contributed by atoms with Gasteiger partial charge in [-0.05, 0) is 31.9 Å². The SMILES string of the molecule is CCOC(=O)CN1C(=O)[C@H](C(C)CC)N=C(c2ccccc2)c2cc(C)ccc21. The van der Waals surface area contributed by atoms with Crippen LogP contribution in [0.1, 0.15) is 43.9 Å². The van der Waals surface area contributed by atoms with Crippen LogP contribution in [0.2, 0.25) is 0 Å². The van der Waals surface area contributed by atoms with Crippen LogP contribution < -0.4 is 4.90 Å². The molecular formula is C24H28N2O3. The Morgan fingerprint density at radius 3 is 2.55 bits per heavy atom. The molecule has 3 rings (SSSR count). The molecule has 1 aliphatic heterocycles. The highest BCUT2D eigenvalue weighted by molar-refractivity contribution is 6.20. The molecule has 0 aliphatic carbocycles. The first-order chi connectivity index (χ1) is 14.0. The second-order valence-electron chi connectivity index (χ2n) is 7.42. The van der Waals surface area contributed by atoms with Crippen LogP contribution >= 0.6 is 0 Å². The highest BCUT2D eigenvalue weighted by Crippen LogP contribution is 2.31. The number of hydrogen-bond acceptors (Lipinski definition) is 4. The first-order valence-electron chi connectivity index (χ1n) is 10.2. The Labute approximate surface area is 172 Å². The van der Waals surface area contributed by atoms with Crippen molar-refractivity contribution in [3.63, 3.8) is 0 Å². The van der Waals surface area contributed by atoms with Crippen LogP contribution in [0.25, 0.3) is 0 Å². The number of amides is 1. The second-order valence-corrected chi connectivity index (χ2v) is 7.42. The number of nitrogens with zero attached hydrogens (tertiary/aromatic N) is 2. The lowest BCUT2D eigenvalue weighted by Gasteiger charge is -2.26. The summed E-state index contributed by atoms with van der Waals surface area (Å²) in [6.45, 7) is 8.01. The first-order valence-corrected chi connectivity index (χ1v) is 10.2. The molecule has 0 aromatic heterocycles. The molecule has 0 saturated heterocycles. The summed E-state index contributed by atoms with van der Waals surface area (Å²) in [5, 5.41) is 0. The van der Waals surface area contributed by atoms with E-state index in [1.165, 1.54) is 0 Å². The van der Waals surface area contributed by atoms with Gasteiger partial charge in [-0.25, -0.2) is 0 Å². The van der Waals surface area contributed by atoms with E-state index in [0.717, 1.165) is 28.8 Å². The van der Waals surface area contributed by atoms with Crippen LogP contribution in [0.15, 0.2) is 53.5 Å². The fourth-order valence-corrected chi connectivity index (χ4v) is 3.54. The van der Waals surface area contributed by atoms with Gasteiger partial charge in [-0.15, -0.1) is 0 Å². The van der Waals surface area contributed by atoms with E-state index >= 15 is 0 Å². The van der Waals surface area contributed by atoms with Crippen molar-refractivity contribution in [2.75, 3.05) is 18.1 Å². The van der Waals surface area contributed by atoms with Gasteiger partial charge in [0, 0.05) is 11.1 Å². The van der Waals surface area contributed by atoms with Crippen molar-refractivity contribution in [3.05, 3.63) is 65.2 Å². The Kier molecular flexibility index (Phi) is 6.47. The maximum Gasteiger partial charge on any atom is 0.326 e. The minimum atomic E-state index is -0.558. The van der Waals surface area contributed by atoms with Gasteiger partial charge in [-0.2, -0.15) is 0 Å². The summed E-state index contributed by atoms with van der Waals surface area (Å²) in [5.74, 6) is -0.539. The van der Waals surface area contributed by atoms with Gasteiger partial charge in [-0.3, -0.25) is 19.5 Å². The quantitative estimate of drug-likeness (QED) is 0.694. The van der Waals surface area contributed by atoms with E-state index in [0.29, 0.717) is 5.69 Å². The molecule has 2 atom stereocenters. The summed E-state index contributed by atoms with van der Waals surface area (Å²) in [7, 11) is 0. The fourth-order valence-electron chi connectivity index (χ4n) is 3.54. The normalized spacial score (nSPS) is 17.2. The molecule has 0 bridgehead atoms. The largest absolute Gasteiger partial charge is 0.465 e. The summed E-state index contributed by atoms with van der Waals surface area (Å²) in [6.07, 6.45) is 0.810. The van der Waals surface area contributed by atoms with Crippen LogP contribution in [0, 0.1) is 12.8 Å². The molecule has 0 saturated carbocycles. The first kappa shape index (κ1) is 20.8. The number of anilines is 1. The molecule has 5 nitrogen and oxygen atoms in total. The molecule has 2 aromatic rings. The average molecular weight is 392 g/mol. The van der Waals surface area contributed by atoms with E-state index in [1.54, 1.807) is 11.8 Å². The number of fused-ring (bicyclic) bond motifs is 1. The molecule has 1 amide bonds. The molecular weight excluding hydrogens is 364 g/mol. The number of benzene rings is 2. The van der Waals surface area contributed by atoms with Crippen molar-refractivity contribution < 1.29 is 14.3 Å². The number of hydrogen-bond donors (Lipinski definition) is 0. The van der Waals surface area contributed by atoms with Gasteiger partial charge in [0.1, 0.15) is 12.6 Å². The Balaban J connectivity index is 2.21. The topological polar surface area (TPSA) is 59.0 Å². The molecule has 2 aromatic carbocycles. The number of ether oxygens (including phenoxy) is 1. The Hall–Kier alpha value is -2.95. The van der Waals surface area contributed by atoms with Crippen LogP contribution in [0.3, 0.4) is 0 Å². The van der Waals surface area contributed by atoms with Crippen LogP contribution in [0.5, 0.6) is 0 Å². The number of rotatable bonds is 6. The number of aliphatic imine (C=N–C) groups is 1. The van der Waals surface area contributed by atoms with Crippen LogP contribution in [-0.2, 0) is 14.3 Å². The van der Waals surface area contributed by atoms with Gasteiger partial charge >= 0.3 is 5.97 Å². The second kappa shape index (κ2) is 9.03. The molecule has 0 fully saturated rings. The van der Waals surface area contributed by atoms with E-state index in [4.69, 9.17) is 9.73 Å². The Morgan fingerprint density at radius 2 is 1.90 bits per heavy atom. The monoisotopic (exact) mass is 392 g/mol. The van der Waals surface area contributed by atoms with Gasteiger partial charge in [0.2, 0.25) is 0 Å². The lowest BCUT2D eigenvalue weighted by molar-refractivity contribution is -0.142. The molecule has 0 N–H and O–H groups in total. The highest BCUT2D eigenvalue weighted by atomic mass is 16.5. The number of benzodiazepines with no additional fused rings is 1. The predicted molar refractivity (Wildman–Crippen MR) is 115 cm³/mol. The van der Waals surface area contributed by atoms with Crippen molar-refractivity contribution in [2.45, 2.75) is 40.2 Å². The summed E-state index contributed by atoms with van der Waals surface area (Å²) >= 11 is 0. The predicted octanol–water partition coefficient (Wildman–Crippen LogP) is 4.16. The lowest BCUT2D eigenvalue weighted by atomic mass is 9.97. The zero-order chi connectivity index (χ0) is 21.0. The van der Waals surface area contributed by atoms with E-state index in [1.807, 2.05) is 69.3 Å². The number of carbonyl (C=O) groups is 2. The fraction of sp³-hybridized carbons (Fsp3) is 0.375. The Morgan fingerprint density at radius 1 is 1.17 bits per heavy atom. The highest BCUT2D eigenvalue weighted by Gasteiger charge is 2.35. The van der Waals surface area contributed by atoms with Crippen molar-refractivity contribution >= 4 is 23.3 Å². The molecule has 5 heteroatoms. The van der Waals surface area contributed by atoms with E-state index < -0.39 is 12.0 Å². The Bertz CT molecular complexity index is 921. The van der Waals surface area contributed by atoms with Gasteiger partial charge in [0.25, 0.3) is 5.91 Å². The third-order valence-corrected chi connectivity index (χ3v) is 5.31. The molecule has 152 valence electrons. The van der Waals surface area contributed by atoms with E-state index in [2.05, 4.69) is 0 Å². The number of carbonyl (C=O) groups excluding carboxylic acids is 2. The lowest BCUT2D eigenvalue weighted by Crippen LogP contribution is -2.43. The summed E-state index contributed by atoms with van der Waals surface area (Å²) in [5.41, 5.74) is 4.37. The molecule has 1 unspecified atom stereocenters. The number of esters is 1. The van der Waals surface area contributed by atoms with Gasteiger partial charge < -0.3 is 4.74 Å². The van der Waals surface area contributed by atoms with Gasteiger partial charge in [-0.1, -0.05) is 62.2 Å². The van der Waals surface area contributed by atoms with Crippen molar-refractivity contribution in [1.29, 1.82) is 0 Å². The van der Waals surface area contributed by atoms with E-state index in [9.17, 15) is 9.59 Å². The minimum Gasteiger partial charge on any atom is -0.465 e. The van der Waals surface area contributed by atoms with Gasteiger partial charge in [0.05, 0.1) is 18.0 Å². The van der Waals surface area contributed by atoms with Crippen molar-refractivity contribution in [2.24, 2.45) is 10.9 Å². The molecule has 1 heterocycles. The average Bonchev–Trinajstić information content (AvgIpc) is 2.83. The standard InChI is InChI=1S/C24H28N2O3/c1-5-17(4)22-24(28)26(15-21(27)29-6-2)20-13-12-16(3)14-19(20)23(25-22)18-10-8-7-9-11-18/h7-14,17,22H,5-6,15H2,1-4H3/t17?,22-/m0/s1. The maximum atomic E-state index is 13.5. The molecule has 0 radical (unpaired) electrons.